The van der Waals surface area contributed by atoms with Crippen molar-refractivity contribution >= 4 is 35.2 Å². The molecule has 4 aromatic carbocycles. The first-order valence-corrected chi connectivity index (χ1v) is 22.4. The number of rotatable bonds is 7. The molecule has 1 aliphatic rings. The maximum absolute atomic E-state index is 6.09. The second-order valence-electron chi connectivity index (χ2n) is 16.7. The summed E-state index contributed by atoms with van der Waals surface area (Å²) >= 11 is 0. The van der Waals surface area contributed by atoms with Gasteiger partial charge in [0.1, 0.15) is 5.58 Å². The average Bonchev–Trinajstić information content (AvgIpc) is 3.79. The van der Waals surface area contributed by atoms with Gasteiger partial charge in [0.25, 0.3) is 0 Å². The van der Waals surface area contributed by atoms with Crippen molar-refractivity contribution in [3.05, 3.63) is 139 Å². The van der Waals surface area contributed by atoms with Crippen LogP contribution in [-0.4, -0.2) is 18.0 Å². The molecule has 1 radical (unpaired) electrons. The summed E-state index contributed by atoms with van der Waals surface area (Å²) < 4.78 is 6.09. The minimum Gasteiger partial charge on any atom is -0.500 e. The molecule has 0 N–H and O–H groups in total. The molecule has 0 aliphatic heterocycles. The molecule has 5 heteroatoms. The largest absolute Gasteiger partial charge is 0.500 e. The Morgan fingerprint density at radius 1 is 0.736 bits per heavy atom. The molecule has 1 saturated carbocycles. The molecule has 8 rings (SSSR count). The Bertz CT molecular complexity index is 2280. The first-order valence-electron chi connectivity index (χ1n) is 18.9. The van der Waals surface area contributed by atoms with Gasteiger partial charge in [-0.1, -0.05) is 131 Å². The fourth-order valence-corrected chi connectivity index (χ4v) is 9.14. The van der Waals surface area contributed by atoms with E-state index in [9.17, 15) is 0 Å². The van der Waals surface area contributed by atoms with Gasteiger partial charge < -0.3 is 14.4 Å². The van der Waals surface area contributed by atoms with E-state index in [1.54, 1.807) is 0 Å². The molecule has 1 aliphatic carbocycles. The van der Waals surface area contributed by atoms with E-state index < -0.39 is 8.07 Å². The normalized spacial score (nSPS) is 13.5. The molecule has 273 valence electrons. The number of fused-ring (bicyclic) bond motifs is 3. The van der Waals surface area contributed by atoms with Crippen molar-refractivity contribution in [3.63, 3.8) is 0 Å². The summed E-state index contributed by atoms with van der Waals surface area (Å²) in [4.78, 5) is 9.37. The molecule has 0 bridgehead atoms. The summed E-state index contributed by atoms with van der Waals surface area (Å²) in [7, 11) is -1.37. The van der Waals surface area contributed by atoms with Gasteiger partial charge in [-0.2, -0.15) is 0 Å². The zero-order valence-corrected chi connectivity index (χ0v) is 35.3. The fourth-order valence-electron chi connectivity index (χ4n) is 7.57. The molecule has 3 nitrogen and oxygen atoms in total. The van der Waals surface area contributed by atoms with Crippen molar-refractivity contribution in [2.24, 2.45) is 11.3 Å². The molecule has 53 heavy (non-hydrogen) atoms. The van der Waals surface area contributed by atoms with Gasteiger partial charge in [0.05, 0.1) is 13.7 Å². The molecule has 7 aromatic rings. The van der Waals surface area contributed by atoms with E-state index in [1.165, 1.54) is 53.1 Å². The van der Waals surface area contributed by atoms with Gasteiger partial charge in [0.2, 0.25) is 0 Å². The van der Waals surface area contributed by atoms with E-state index in [-0.39, 0.29) is 25.5 Å². The van der Waals surface area contributed by atoms with Crippen LogP contribution in [0.15, 0.2) is 120 Å². The molecular weight excluding hydrogens is 841 g/mol. The Hall–Kier alpha value is -4.15. The minimum atomic E-state index is -1.37. The van der Waals surface area contributed by atoms with E-state index in [1.807, 2.05) is 36.5 Å². The van der Waals surface area contributed by atoms with Crippen LogP contribution in [-0.2, 0) is 32.9 Å². The summed E-state index contributed by atoms with van der Waals surface area (Å²) in [5, 5.41) is 3.73. The predicted octanol–water partition coefficient (Wildman–Crippen LogP) is 12.5. The number of hydrogen-bond donors (Lipinski definition) is 0. The van der Waals surface area contributed by atoms with Gasteiger partial charge >= 0.3 is 0 Å². The Kier molecular flexibility index (Phi) is 12.0. The maximum atomic E-state index is 6.09. The fraction of sp³-hybridized carbons (Fsp3) is 0.292. The number of hydrogen-bond acceptors (Lipinski definition) is 3. The third-order valence-electron chi connectivity index (χ3n) is 10.1. The summed E-state index contributed by atoms with van der Waals surface area (Å²) in [6.45, 7) is 14.1. The summed E-state index contributed by atoms with van der Waals surface area (Å²) in [6, 6.07) is 42.5. The maximum Gasteiger partial charge on any atom is 0.121 e. The molecule has 3 aromatic heterocycles. The Balaban J connectivity index is 0.000000193. The van der Waals surface area contributed by atoms with Gasteiger partial charge in [-0.3, -0.25) is 0 Å². The van der Waals surface area contributed by atoms with Crippen LogP contribution in [0.5, 0.6) is 0 Å². The third kappa shape index (κ3) is 9.51. The third-order valence-corrected chi connectivity index (χ3v) is 12.2. The second-order valence-corrected chi connectivity index (χ2v) is 21.7. The van der Waals surface area contributed by atoms with Crippen LogP contribution in [0, 0.1) is 23.5 Å². The number of aromatic nitrogens is 2. The van der Waals surface area contributed by atoms with Gasteiger partial charge in [0, 0.05) is 37.9 Å². The van der Waals surface area contributed by atoms with Crippen LogP contribution < -0.4 is 5.19 Å². The van der Waals surface area contributed by atoms with E-state index in [4.69, 9.17) is 9.40 Å². The molecule has 3 heterocycles. The first-order chi connectivity index (χ1) is 25.0. The summed E-state index contributed by atoms with van der Waals surface area (Å²) in [5.74, 6) is 0.830. The second kappa shape index (κ2) is 16.5. The molecule has 0 amide bonds. The van der Waals surface area contributed by atoms with Crippen LogP contribution in [0.25, 0.3) is 55.6 Å². The van der Waals surface area contributed by atoms with Crippen molar-refractivity contribution < 1.29 is 24.5 Å². The molecular formula is C48H50IrN2OSi-2. The van der Waals surface area contributed by atoms with E-state index in [0.717, 1.165) is 63.2 Å². The molecule has 0 saturated heterocycles. The van der Waals surface area contributed by atoms with Crippen LogP contribution >= 0.6 is 0 Å². The van der Waals surface area contributed by atoms with Gasteiger partial charge in [-0.05, 0) is 70.1 Å². The number of benzene rings is 4. The van der Waals surface area contributed by atoms with Gasteiger partial charge in [-0.15, -0.1) is 59.7 Å². The quantitative estimate of drug-likeness (QED) is 0.118. The monoisotopic (exact) mass is 891 g/mol. The average molecular weight is 891 g/mol. The van der Waals surface area contributed by atoms with Crippen molar-refractivity contribution in [2.45, 2.75) is 78.9 Å². The zero-order valence-electron chi connectivity index (χ0n) is 31.9. The van der Waals surface area contributed by atoms with Crippen LogP contribution in [0.3, 0.4) is 0 Å². The van der Waals surface area contributed by atoms with E-state index in [2.05, 4.69) is 137 Å². The standard InChI is InChI=1S/C29H24NO.C19H26NSi.Ir/c1-2-8-22(9-3-1)23-10-12-28-25(18-23)26-19-24(11-13-29(26)31-28)27-17-21(14-15-30-27)16-20-6-4-5-7-20;1-19(2,3)13-16-12-17(15-10-8-7-9-11-15)20-14-18(16)21(4,5)6;/h1-3,8-10,12-15,17-20H,4-7,16H2;7-10,12,14H,13H2,1-6H3;/q2*-1;. The predicted molar refractivity (Wildman–Crippen MR) is 222 cm³/mol. The van der Waals surface area contributed by atoms with Crippen molar-refractivity contribution in [3.8, 4) is 33.6 Å². The number of furan rings is 1. The van der Waals surface area contributed by atoms with Gasteiger partial charge in [-0.25, -0.2) is 0 Å². The molecule has 0 spiro atoms. The van der Waals surface area contributed by atoms with E-state index in [0.29, 0.717) is 0 Å². The molecule has 0 atom stereocenters. The minimum absolute atomic E-state index is 0. The van der Waals surface area contributed by atoms with Crippen molar-refractivity contribution in [1.82, 2.24) is 9.97 Å². The SMILES string of the molecule is CC(C)(C)Cc1cc(-c2[c-]cccc2)ncc1[Si](C)(C)C.[Ir].[c-]1cc2oc3ccc(-c4ccccc4)cc3c2cc1-c1cc(CC2CCCC2)ccn1. The Labute approximate surface area is 330 Å². The van der Waals surface area contributed by atoms with Crippen LogP contribution in [0.4, 0.5) is 0 Å². The van der Waals surface area contributed by atoms with Gasteiger partial charge in [0.15, 0.2) is 0 Å². The number of pyridine rings is 2. The number of nitrogens with zero attached hydrogens (tertiary/aromatic N) is 2. The summed E-state index contributed by atoms with van der Waals surface area (Å²) in [5.41, 5.74) is 11.4. The smallest absolute Gasteiger partial charge is 0.121 e. The summed E-state index contributed by atoms with van der Waals surface area (Å²) in [6.07, 6.45) is 11.8. The van der Waals surface area contributed by atoms with Crippen molar-refractivity contribution in [2.75, 3.05) is 0 Å². The van der Waals surface area contributed by atoms with E-state index >= 15 is 0 Å². The first kappa shape index (κ1) is 38.6. The molecule has 0 unspecified atom stereocenters. The van der Waals surface area contributed by atoms with Crippen LogP contribution in [0.2, 0.25) is 19.6 Å². The Morgan fingerprint density at radius 3 is 2.19 bits per heavy atom. The molecule has 1 fully saturated rings. The Morgan fingerprint density at radius 2 is 1.47 bits per heavy atom. The van der Waals surface area contributed by atoms with Crippen molar-refractivity contribution in [1.29, 1.82) is 0 Å². The van der Waals surface area contributed by atoms with Crippen LogP contribution in [0.1, 0.15) is 57.6 Å². The zero-order chi connectivity index (χ0) is 36.3. The topological polar surface area (TPSA) is 38.9 Å².